The van der Waals surface area contributed by atoms with Crippen LogP contribution in [0.2, 0.25) is 4.34 Å². The third-order valence-electron chi connectivity index (χ3n) is 3.50. The van der Waals surface area contributed by atoms with Crippen LogP contribution in [0.15, 0.2) is 41.2 Å². The van der Waals surface area contributed by atoms with E-state index in [1.165, 1.54) is 11.3 Å². The number of rotatable bonds is 4. The minimum absolute atomic E-state index is 0.130. The minimum Gasteiger partial charge on any atom is -0.322 e. The number of anilines is 1. The number of carbonyl (C=O) groups is 1. The molecule has 0 aliphatic rings. The Kier molecular flexibility index (Phi) is 4.50. The molecule has 0 saturated heterocycles. The van der Waals surface area contributed by atoms with Crippen molar-refractivity contribution in [2.75, 3.05) is 5.32 Å². The van der Waals surface area contributed by atoms with Crippen molar-refractivity contribution < 1.29 is 4.79 Å². The van der Waals surface area contributed by atoms with E-state index in [0.717, 1.165) is 29.3 Å². The van der Waals surface area contributed by atoms with Gasteiger partial charge in [-0.1, -0.05) is 31.0 Å². The lowest BCUT2D eigenvalue weighted by molar-refractivity contribution is 0.103. The number of amides is 1. The molecule has 118 valence electrons. The summed E-state index contributed by atoms with van der Waals surface area (Å²) in [6.45, 7) is 2.08. The first kappa shape index (κ1) is 15.8. The van der Waals surface area contributed by atoms with Crippen LogP contribution in [0.4, 0.5) is 5.69 Å². The van der Waals surface area contributed by atoms with Crippen LogP contribution in [0.25, 0.3) is 10.9 Å². The second-order valence-electron chi connectivity index (χ2n) is 5.23. The van der Waals surface area contributed by atoms with Crippen molar-refractivity contribution in [3.8, 4) is 0 Å². The largest absolute Gasteiger partial charge is 0.322 e. The Morgan fingerprint density at radius 2 is 2.09 bits per heavy atom. The SMILES string of the molecule is CCCc1cc(=O)[nH]c2cc(NC(=O)c3ccc(Cl)s3)ccc12. The maximum Gasteiger partial charge on any atom is 0.265 e. The average molecular weight is 347 g/mol. The number of nitrogens with one attached hydrogen (secondary N) is 2. The van der Waals surface area contributed by atoms with Crippen molar-refractivity contribution in [1.29, 1.82) is 0 Å². The van der Waals surface area contributed by atoms with Crippen molar-refractivity contribution in [3.63, 3.8) is 0 Å². The van der Waals surface area contributed by atoms with Gasteiger partial charge < -0.3 is 10.3 Å². The van der Waals surface area contributed by atoms with Crippen molar-refractivity contribution >= 4 is 45.4 Å². The maximum absolute atomic E-state index is 12.2. The average Bonchev–Trinajstić information content (AvgIpc) is 2.94. The molecule has 0 bridgehead atoms. The van der Waals surface area contributed by atoms with Crippen LogP contribution < -0.4 is 10.9 Å². The molecule has 2 heterocycles. The summed E-state index contributed by atoms with van der Waals surface area (Å²) < 4.78 is 0.571. The van der Waals surface area contributed by atoms with Crippen LogP contribution in [0, 0.1) is 0 Å². The Morgan fingerprint density at radius 1 is 1.26 bits per heavy atom. The summed E-state index contributed by atoms with van der Waals surface area (Å²) in [5, 5.41) is 3.83. The highest BCUT2D eigenvalue weighted by atomic mass is 35.5. The standard InChI is InChI=1S/C17H15ClN2O2S/c1-2-3-10-8-16(21)20-13-9-11(4-5-12(10)13)19-17(22)14-6-7-15(18)23-14/h4-9H,2-3H2,1H3,(H,19,22)(H,20,21). The lowest BCUT2D eigenvalue weighted by Crippen LogP contribution is -2.11. The first-order chi connectivity index (χ1) is 11.1. The highest BCUT2D eigenvalue weighted by Gasteiger charge is 2.10. The summed E-state index contributed by atoms with van der Waals surface area (Å²) >= 11 is 7.07. The lowest BCUT2D eigenvalue weighted by atomic mass is 10.0. The van der Waals surface area contributed by atoms with Crippen molar-refractivity contribution in [3.05, 3.63) is 61.5 Å². The van der Waals surface area contributed by atoms with Gasteiger partial charge in [0.1, 0.15) is 0 Å². The number of thiophene rings is 1. The summed E-state index contributed by atoms with van der Waals surface area (Å²) in [6.07, 6.45) is 1.82. The van der Waals surface area contributed by atoms with Gasteiger partial charge in [0.05, 0.1) is 14.7 Å². The molecule has 2 aromatic heterocycles. The number of aromatic nitrogens is 1. The molecular weight excluding hydrogens is 332 g/mol. The fraction of sp³-hybridized carbons (Fsp3) is 0.176. The molecule has 0 unspecified atom stereocenters. The first-order valence-corrected chi connectivity index (χ1v) is 8.49. The summed E-state index contributed by atoms with van der Waals surface area (Å²) in [4.78, 5) is 27.3. The number of hydrogen-bond acceptors (Lipinski definition) is 3. The van der Waals surface area contributed by atoms with Gasteiger partial charge in [0.2, 0.25) is 5.56 Å². The summed E-state index contributed by atoms with van der Waals surface area (Å²) in [5.41, 5.74) is 2.25. The van der Waals surface area contributed by atoms with E-state index < -0.39 is 0 Å². The molecule has 0 aliphatic heterocycles. The van der Waals surface area contributed by atoms with Gasteiger partial charge in [-0.2, -0.15) is 0 Å². The van der Waals surface area contributed by atoms with Crippen molar-refractivity contribution in [1.82, 2.24) is 4.98 Å². The van der Waals surface area contributed by atoms with Crippen LogP contribution in [0.3, 0.4) is 0 Å². The lowest BCUT2D eigenvalue weighted by Gasteiger charge is -2.08. The van der Waals surface area contributed by atoms with Gasteiger partial charge in [0.15, 0.2) is 0 Å². The van der Waals surface area contributed by atoms with E-state index in [2.05, 4.69) is 17.2 Å². The van der Waals surface area contributed by atoms with Crippen LogP contribution >= 0.6 is 22.9 Å². The van der Waals surface area contributed by atoms with E-state index in [1.807, 2.05) is 12.1 Å². The van der Waals surface area contributed by atoms with E-state index in [1.54, 1.807) is 24.3 Å². The Morgan fingerprint density at radius 3 is 2.78 bits per heavy atom. The summed E-state index contributed by atoms with van der Waals surface area (Å²) in [6, 6.07) is 10.6. The normalized spacial score (nSPS) is 10.9. The Hall–Kier alpha value is -2.11. The van der Waals surface area contributed by atoms with Crippen molar-refractivity contribution in [2.24, 2.45) is 0 Å². The van der Waals surface area contributed by atoms with E-state index in [9.17, 15) is 9.59 Å². The second-order valence-corrected chi connectivity index (χ2v) is 6.94. The first-order valence-electron chi connectivity index (χ1n) is 7.29. The van der Waals surface area contributed by atoms with Crippen LogP contribution in [-0.2, 0) is 6.42 Å². The molecule has 3 aromatic rings. The predicted molar refractivity (Wildman–Crippen MR) is 95.8 cm³/mol. The molecule has 3 rings (SSSR count). The zero-order valence-electron chi connectivity index (χ0n) is 12.5. The number of carbonyl (C=O) groups excluding carboxylic acids is 1. The number of aromatic amines is 1. The van der Waals surface area contributed by atoms with Gasteiger partial charge in [-0.15, -0.1) is 11.3 Å². The van der Waals surface area contributed by atoms with Gasteiger partial charge >= 0.3 is 0 Å². The van der Waals surface area contributed by atoms with Gasteiger partial charge in [-0.05, 0) is 36.2 Å². The topological polar surface area (TPSA) is 62.0 Å². The van der Waals surface area contributed by atoms with Crippen LogP contribution in [0.1, 0.15) is 28.6 Å². The highest BCUT2D eigenvalue weighted by Crippen LogP contribution is 2.24. The molecule has 0 aliphatic carbocycles. The van der Waals surface area contributed by atoms with Gasteiger partial charge in [0.25, 0.3) is 5.91 Å². The number of halogens is 1. The number of fused-ring (bicyclic) bond motifs is 1. The molecule has 0 fully saturated rings. The molecule has 1 amide bonds. The van der Waals surface area contributed by atoms with Gasteiger partial charge in [0, 0.05) is 17.1 Å². The molecule has 1 aromatic carbocycles. The van der Waals surface area contributed by atoms with Crippen LogP contribution in [-0.4, -0.2) is 10.9 Å². The predicted octanol–water partition coefficient (Wildman–Crippen LogP) is 4.45. The van der Waals surface area contributed by atoms with E-state index in [0.29, 0.717) is 14.9 Å². The number of pyridine rings is 1. The Bertz CT molecular complexity index is 930. The molecule has 23 heavy (non-hydrogen) atoms. The highest BCUT2D eigenvalue weighted by molar-refractivity contribution is 7.18. The molecule has 2 N–H and O–H groups in total. The molecule has 4 nitrogen and oxygen atoms in total. The minimum atomic E-state index is -0.215. The fourth-order valence-electron chi connectivity index (χ4n) is 2.52. The third-order valence-corrected chi connectivity index (χ3v) is 4.73. The quantitative estimate of drug-likeness (QED) is 0.733. The Balaban J connectivity index is 1.94. The van der Waals surface area contributed by atoms with E-state index in [4.69, 9.17) is 11.6 Å². The second kappa shape index (κ2) is 6.56. The third kappa shape index (κ3) is 3.46. The summed E-state index contributed by atoms with van der Waals surface area (Å²) in [5.74, 6) is -0.215. The van der Waals surface area contributed by atoms with Gasteiger partial charge in [-0.3, -0.25) is 9.59 Å². The monoisotopic (exact) mass is 346 g/mol. The number of aryl methyl sites for hydroxylation is 1. The van der Waals surface area contributed by atoms with E-state index in [-0.39, 0.29) is 11.5 Å². The van der Waals surface area contributed by atoms with Crippen molar-refractivity contribution in [2.45, 2.75) is 19.8 Å². The zero-order chi connectivity index (χ0) is 16.4. The summed E-state index contributed by atoms with van der Waals surface area (Å²) in [7, 11) is 0. The molecule has 0 saturated carbocycles. The zero-order valence-corrected chi connectivity index (χ0v) is 14.1. The number of hydrogen-bond donors (Lipinski definition) is 2. The maximum atomic E-state index is 12.2. The fourth-order valence-corrected chi connectivity index (χ4v) is 3.45. The molecule has 0 radical (unpaired) electrons. The van der Waals surface area contributed by atoms with E-state index >= 15 is 0 Å². The Labute approximate surface area is 142 Å². The smallest absolute Gasteiger partial charge is 0.265 e. The molecule has 6 heteroatoms. The van der Waals surface area contributed by atoms with Gasteiger partial charge in [-0.25, -0.2) is 0 Å². The molecule has 0 spiro atoms. The molecule has 0 atom stereocenters. The molecular formula is C17H15ClN2O2S. The number of benzene rings is 1. The number of H-pyrrole nitrogens is 1. The van der Waals surface area contributed by atoms with Crippen LogP contribution in [0.5, 0.6) is 0 Å².